The van der Waals surface area contributed by atoms with Crippen molar-refractivity contribution in [3.63, 3.8) is 0 Å². The van der Waals surface area contributed by atoms with Crippen molar-refractivity contribution < 1.29 is 8.83 Å². The third-order valence-electron chi connectivity index (χ3n) is 2.08. The minimum Gasteiger partial charge on any atom is -0.452 e. The second-order valence-corrected chi connectivity index (χ2v) is 3.56. The summed E-state index contributed by atoms with van der Waals surface area (Å²) in [6.45, 7) is 3.79. The van der Waals surface area contributed by atoms with Gasteiger partial charge in [-0.2, -0.15) is 0 Å². The molecule has 0 saturated heterocycles. The molecule has 0 saturated carbocycles. The number of nitrogens with one attached hydrogen (secondary N) is 1. The van der Waals surface area contributed by atoms with E-state index in [9.17, 15) is 0 Å². The predicted molar refractivity (Wildman–Crippen MR) is 59.3 cm³/mol. The fraction of sp³-hybridized carbons (Fsp3) is 0.400. The van der Waals surface area contributed by atoms with Crippen LogP contribution in [0.1, 0.15) is 12.8 Å². The van der Waals surface area contributed by atoms with Crippen molar-refractivity contribution in [1.82, 2.24) is 15.5 Å². The molecular formula is C10H12ClN3O2. The molecule has 0 bridgehead atoms. The van der Waals surface area contributed by atoms with Crippen LogP contribution in [-0.2, 0) is 6.42 Å². The maximum Gasteiger partial charge on any atom is 0.252 e. The van der Waals surface area contributed by atoms with Crippen LogP contribution in [0.4, 0.5) is 0 Å². The molecule has 0 radical (unpaired) electrons. The summed E-state index contributed by atoms with van der Waals surface area (Å²) >= 11 is 5.80. The molecule has 5 nitrogen and oxygen atoms in total. The summed E-state index contributed by atoms with van der Waals surface area (Å²) in [5, 5.41) is 11.3. The first kappa shape index (κ1) is 11.2. The van der Waals surface area contributed by atoms with E-state index in [1.807, 2.05) is 6.92 Å². The van der Waals surface area contributed by atoms with Crippen LogP contribution in [-0.4, -0.2) is 23.3 Å². The van der Waals surface area contributed by atoms with Crippen molar-refractivity contribution in [2.24, 2.45) is 0 Å². The van der Waals surface area contributed by atoms with Crippen LogP contribution in [0.2, 0.25) is 5.22 Å². The molecule has 0 fully saturated rings. The zero-order valence-electron chi connectivity index (χ0n) is 8.86. The van der Waals surface area contributed by atoms with Gasteiger partial charge in [0.15, 0.2) is 0 Å². The van der Waals surface area contributed by atoms with E-state index in [4.69, 9.17) is 20.4 Å². The molecule has 2 aromatic rings. The molecular weight excluding hydrogens is 230 g/mol. The van der Waals surface area contributed by atoms with Gasteiger partial charge < -0.3 is 14.2 Å². The zero-order chi connectivity index (χ0) is 11.4. The van der Waals surface area contributed by atoms with Gasteiger partial charge in [0, 0.05) is 13.0 Å². The zero-order valence-corrected chi connectivity index (χ0v) is 9.62. The first-order valence-corrected chi connectivity index (χ1v) is 5.45. The van der Waals surface area contributed by atoms with E-state index in [-0.39, 0.29) is 5.22 Å². The average Bonchev–Trinajstić information content (AvgIpc) is 2.87. The van der Waals surface area contributed by atoms with E-state index in [0.29, 0.717) is 23.8 Å². The van der Waals surface area contributed by atoms with Crippen LogP contribution in [0.3, 0.4) is 0 Å². The summed E-state index contributed by atoms with van der Waals surface area (Å²) in [5.41, 5.74) is 0.629. The first-order valence-electron chi connectivity index (χ1n) is 5.07. The van der Waals surface area contributed by atoms with Gasteiger partial charge >= 0.3 is 0 Å². The second-order valence-electron chi connectivity index (χ2n) is 3.21. The van der Waals surface area contributed by atoms with Crippen LogP contribution in [0.25, 0.3) is 11.5 Å². The topological polar surface area (TPSA) is 64.1 Å². The highest BCUT2D eigenvalue weighted by molar-refractivity contribution is 6.31. The Morgan fingerprint density at radius 3 is 3.00 bits per heavy atom. The normalized spacial score (nSPS) is 10.9. The van der Waals surface area contributed by atoms with Gasteiger partial charge in [0.2, 0.25) is 11.1 Å². The summed E-state index contributed by atoms with van der Waals surface area (Å²) in [7, 11) is 0. The van der Waals surface area contributed by atoms with Gasteiger partial charge in [0.25, 0.3) is 5.89 Å². The molecule has 0 aliphatic heterocycles. The lowest BCUT2D eigenvalue weighted by Crippen LogP contribution is -2.16. The number of likely N-dealkylation sites (N-methyl/N-ethyl adjacent to an activating group) is 1. The minimum atomic E-state index is 0.266. The highest BCUT2D eigenvalue weighted by Gasteiger charge is 2.13. The first-order chi connectivity index (χ1) is 7.81. The maximum absolute atomic E-state index is 5.80. The smallest absolute Gasteiger partial charge is 0.252 e. The molecule has 86 valence electrons. The minimum absolute atomic E-state index is 0.266. The third kappa shape index (κ3) is 2.43. The van der Waals surface area contributed by atoms with Crippen LogP contribution in [0, 0.1) is 0 Å². The van der Waals surface area contributed by atoms with Gasteiger partial charge in [-0.3, -0.25) is 0 Å². The van der Waals surface area contributed by atoms with Crippen LogP contribution in [0.15, 0.2) is 21.2 Å². The Hall–Kier alpha value is -1.33. The van der Waals surface area contributed by atoms with Gasteiger partial charge in [-0.25, -0.2) is 0 Å². The third-order valence-corrected chi connectivity index (χ3v) is 2.37. The SMILES string of the molecule is CCNCCc1nnc(-c2ccoc2Cl)o1. The number of aromatic nitrogens is 2. The van der Waals surface area contributed by atoms with Crippen LogP contribution < -0.4 is 5.32 Å². The van der Waals surface area contributed by atoms with Crippen molar-refractivity contribution in [3.05, 3.63) is 23.4 Å². The van der Waals surface area contributed by atoms with E-state index >= 15 is 0 Å². The fourth-order valence-corrected chi connectivity index (χ4v) is 1.48. The molecule has 0 amide bonds. The molecule has 0 spiro atoms. The lowest BCUT2D eigenvalue weighted by atomic mass is 10.3. The number of halogens is 1. The summed E-state index contributed by atoms with van der Waals surface area (Å²) < 4.78 is 10.4. The Bertz CT molecular complexity index is 452. The Balaban J connectivity index is 2.05. The molecule has 6 heteroatoms. The monoisotopic (exact) mass is 241 g/mol. The molecule has 2 aromatic heterocycles. The van der Waals surface area contributed by atoms with Gasteiger partial charge in [-0.1, -0.05) is 6.92 Å². The van der Waals surface area contributed by atoms with E-state index < -0.39 is 0 Å². The molecule has 0 aliphatic rings. The molecule has 0 aromatic carbocycles. The van der Waals surface area contributed by atoms with E-state index in [1.54, 1.807) is 6.07 Å². The van der Waals surface area contributed by atoms with Crippen molar-refractivity contribution in [2.75, 3.05) is 13.1 Å². The summed E-state index contributed by atoms with van der Waals surface area (Å²) in [6.07, 6.45) is 2.19. The Kier molecular flexibility index (Phi) is 3.58. The Morgan fingerprint density at radius 1 is 1.44 bits per heavy atom. The number of hydrogen-bond donors (Lipinski definition) is 1. The standard InChI is InChI=1S/C10H12ClN3O2/c1-2-12-5-3-8-13-14-10(16-8)7-4-6-15-9(7)11/h4,6,12H,2-3,5H2,1H3. The summed E-state index contributed by atoms with van der Waals surface area (Å²) in [5.74, 6) is 0.985. The van der Waals surface area contributed by atoms with Gasteiger partial charge in [-0.05, 0) is 24.2 Å². The van der Waals surface area contributed by atoms with E-state index in [1.165, 1.54) is 6.26 Å². The van der Waals surface area contributed by atoms with Gasteiger partial charge in [0.1, 0.15) is 0 Å². The number of rotatable bonds is 5. The average molecular weight is 242 g/mol. The van der Waals surface area contributed by atoms with E-state index in [0.717, 1.165) is 13.1 Å². The number of nitrogens with zero attached hydrogens (tertiary/aromatic N) is 2. The van der Waals surface area contributed by atoms with E-state index in [2.05, 4.69) is 15.5 Å². The van der Waals surface area contributed by atoms with Crippen molar-refractivity contribution >= 4 is 11.6 Å². The van der Waals surface area contributed by atoms with Crippen molar-refractivity contribution in [1.29, 1.82) is 0 Å². The van der Waals surface area contributed by atoms with Crippen LogP contribution in [0.5, 0.6) is 0 Å². The summed E-state index contributed by atoms with van der Waals surface area (Å²) in [4.78, 5) is 0. The molecule has 2 heterocycles. The Labute approximate surface area is 97.8 Å². The highest BCUT2D eigenvalue weighted by atomic mass is 35.5. The number of furan rings is 1. The molecule has 16 heavy (non-hydrogen) atoms. The maximum atomic E-state index is 5.80. The molecule has 2 rings (SSSR count). The largest absolute Gasteiger partial charge is 0.452 e. The Morgan fingerprint density at radius 2 is 2.31 bits per heavy atom. The van der Waals surface area contributed by atoms with Crippen molar-refractivity contribution in [3.8, 4) is 11.5 Å². The van der Waals surface area contributed by atoms with Crippen molar-refractivity contribution in [2.45, 2.75) is 13.3 Å². The highest BCUT2D eigenvalue weighted by Crippen LogP contribution is 2.27. The fourth-order valence-electron chi connectivity index (χ4n) is 1.28. The molecule has 0 aliphatic carbocycles. The lowest BCUT2D eigenvalue weighted by Gasteiger charge is -1.95. The molecule has 0 unspecified atom stereocenters. The predicted octanol–water partition coefficient (Wildman–Crippen LogP) is 2.13. The van der Waals surface area contributed by atoms with Gasteiger partial charge in [0.05, 0.1) is 11.8 Å². The number of hydrogen-bond acceptors (Lipinski definition) is 5. The molecule has 1 N–H and O–H groups in total. The van der Waals surface area contributed by atoms with Gasteiger partial charge in [-0.15, -0.1) is 10.2 Å². The lowest BCUT2D eigenvalue weighted by molar-refractivity contribution is 0.495. The van der Waals surface area contributed by atoms with Crippen LogP contribution >= 0.6 is 11.6 Å². The quantitative estimate of drug-likeness (QED) is 0.813. The molecule has 0 atom stereocenters. The summed E-state index contributed by atoms with van der Waals surface area (Å²) in [6, 6.07) is 1.70. The second kappa shape index (κ2) is 5.14.